The second-order valence-electron chi connectivity index (χ2n) is 4.55. The molecule has 9 nitrogen and oxygen atoms in total. The molecule has 2 aromatic heterocycles. The van der Waals surface area contributed by atoms with Crippen LogP contribution in [-0.2, 0) is 4.74 Å². The molecule has 0 aliphatic carbocycles. The average molecular weight is 355 g/mol. The van der Waals surface area contributed by atoms with E-state index in [-0.39, 0.29) is 12.4 Å². The molecule has 21 heavy (non-hydrogen) atoms. The van der Waals surface area contributed by atoms with Gasteiger partial charge >= 0.3 is 0 Å². The molecule has 112 valence electrons. The summed E-state index contributed by atoms with van der Waals surface area (Å²) in [5, 5.41) is 14.5. The summed E-state index contributed by atoms with van der Waals surface area (Å²) >= 11 is 3.43. The van der Waals surface area contributed by atoms with Crippen molar-refractivity contribution in [2.45, 2.75) is 0 Å². The van der Waals surface area contributed by atoms with Gasteiger partial charge in [0.1, 0.15) is 5.84 Å². The molecule has 0 radical (unpaired) electrons. The molecule has 10 heteroatoms. The number of amidine groups is 1. The Labute approximate surface area is 129 Å². The van der Waals surface area contributed by atoms with Crippen LogP contribution in [0.4, 0.5) is 11.9 Å². The van der Waals surface area contributed by atoms with E-state index in [1.165, 1.54) is 0 Å². The Morgan fingerprint density at radius 3 is 2.90 bits per heavy atom. The van der Waals surface area contributed by atoms with Crippen molar-refractivity contribution >= 4 is 39.3 Å². The summed E-state index contributed by atoms with van der Waals surface area (Å²) in [4.78, 5) is 11.1. The fourth-order valence-electron chi connectivity index (χ4n) is 2.03. The van der Waals surface area contributed by atoms with Gasteiger partial charge in [-0.3, -0.25) is 5.41 Å². The molecule has 1 aliphatic heterocycles. The highest BCUT2D eigenvalue weighted by Gasteiger charge is 2.18. The fraction of sp³-hybridized carbons (Fsp3) is 0.455. The van der Waals surface area contributed by atoms with Gasteiger partial charge in [0.25, 0.3) is 0 Å². The van der Waals surface area contributed by atoms with Crippen LogP contribution in [0.5, 0.6) is 0 Å². The molecular weight excluding hydrogens is 340 g/mol. The predicted molar refractivity (Wildman–Crippen MR) is 81.9 cm³/mol. The van der Waals surface area contributed by atoms with Crippen LogP contribution in [0.3, 0.4) is 0 Å². The van der Waals surface area contributed by atoms with Gasteiger partial charge in [0.2, 0.25) is 11.9 Å². The minimum Gasteiger partial charge on any atom is -0.386 e. The van der Waals surface area contributed by atoms with E-state index in [2.05, 4.69) is 41.2 Å². The molecule has 0 bridgehead atoms. The van der Waals surface area contributed by atoms with Gasteiger partial charge in [-0.2, -0.15) is 19.6 Å². The standard InChI is InChI=1S/C11H15BrN8O/c12-7-5-16-20-9(7)17-11(19-1-3-21-4-2-19)18-10(20)15-6-8(13)14/h5H,1-4,6H2,(H3,13,14)(H,15,17,18). The highest BCUT2D eigenvalue weighted by atomic mass is 79.9. The number of hydrogen-bond acceptors (Lipinski definition) is 7. The highest BCUT2D eigenvalue weighted by molar-refractivity contribution is 9.10. The van der Waals surface area contributed by atoms with E-state index in [0.29, 0.717) is 30.8 Å². The Bertz CT molecular complexity index is 666. The van der Waals surface area contributed by atoms with Crippen molar-refractivity contribution in [1.82, 2.24) is 19.6 Å². The highest BCUT2D eigenvalue weighted by Crippen LogP contribution is 2.21. The van der Waals surface area contributed by atoms with Gasteiger partial charge in [-0.05, 0) is 15.9 Å². The summed E-state index contributed by atoms with van der Waals surface area (Å²) in [6.45, 7) is 3.00. The van der Waals surface area contributed by atoms with Gasteiger partial charge in [-0.1, -0.05) is 0 Å². The van der Waals surface area contributed by atoms with Crippen molar-refractivity contribution in [3.8, 4) is 0 Å². The lowest BCUT2D eigenvalue weighted by atomic mass is 10.4. The van der Waals surface area contributed by atoms with E-state index in [0.717, 1.165) is 17.6 Å². The lowest BCUT2D eigenvalue weighted by Crippen LogP contribution is -2.37. The van der Waals surface area contributed by atoms with Crippen LogP contribution in [0.2, 0.25) is 0 Å². The largest absolute Gasteiger partial charge is 0.386 e. The summed E-state index contributed by atoms with van der Waals surface area (Å²) in [6.07, 6.45) is 1.66. The Hall–Kier alpha value is -1.94. The quantitative estimate of drug-likeness (QED) is 0.525. The third-order valence-corrected chi connectivity index (χ3v) is 3.60. The summed E-state index contributed by atoms with van der Waals surface area (Å²) in [5.74, 6) is 1.14. The maximum atomic E-state index is 7.31. The van der Waals surface area contributed by atoms with Crippen molar-refractivity contribution in [3.63, 3.8) is 0 Å². The van der Waals surface area contributed by atoms with Crippen LogP contribution in [-0.4, -0.2) is 58.3 Å². The number of hydrogen-bond donors (Lipinski definition) is 3. The number of halogens is 1. The number of aromatic nitrogens is 4. The summed E-state index contributed by atoms with van der Waals surface area (Å²) in [6, 6.07) is 0. The molecule has 0 unspecified atom stereocenters. The van der Waals surface area contributed by atoms with Crippen molar-refractivity contribution in [2.24, 2.45) is 5.73 Å². The molecule has 1 fully saturated rings. The number of fused-ring (bicyclic) bond motifs is 1. The molecular formula is C11H15BrN8O. The van der Waals surface area contributed by atoms with E-state index in [9.17, 15) is 0 Å². The molecule has 1 aliphatic rings. The van der Waals surface area contributed by atoms with E-state index >= 15 is 0 Å². The van der Waals surface area contributed by atoms with Gasteiger partial charge in [0, 0.05) is 13.1 Å². The lowest BCUT2D eigenvalue weighted by molar-refractivity contribution is 0.122. The smallest absolute Gasteiger partial charge is 0.230 e. The zero-order chi connectivity index (χ0) is 14.8. The molecule has 4 N–H and O–H groups in total. The van der Waals surface area contributed by atoms with Crippen molar-refractivity contribution in [3.05, 3.63) is 10.7 Å². The zero-order valence-corrected chi connectivity index (χ0v) is 12.8. The Balaban J connectivity index is 2.00. The molecule has 3 heterocycles. The van der Waals surface area contributed by atoms with Gasteiger partial charge in [0.05, 0.1) is 30.4 Å². The first-order chi connectivity index (χ1) is 10.1. The minimum atomic E-state index is 0.0286. The van der Waals surface area contributed by atoms with Crippen molar-refractivity contribution < 1.29 is 4.74 Å². The molecule has 3 rings (SSSR count). The van der Waals surface area contributed by atoms with Gasteiger partial charge in [0.15, 0.2) is 5.65 Å². The number of nitrogens with zero attached hydrogens (tertiary/aromatic N) is 5. The molecule has 1 saturated heterocycles. The Kier molecular flexibility index (Phi) is 3.88. The molecule has 0 aromatic carbocycles. The number of nitrogens with two attached hydrogens (primary N) is 1. The fourth-order valence-corrected chi connectivity index (χ4v) is 2.38. The molecule has 2 aromatic rings. The maximum absolute atomic E-state index is 7.31. The van der Waals surface area contributed by atoms with Crippen molar-refractivity contribution in [1.29, 1.82) is 5.41 Å². The minimum absolute atomic E-state index is 0.0286. The number of morpholine rings is 1. The van der Waals surface area contributed by atoms with Gasteiger partial charge in [-0.25, -0.2) is 0 Å². The van der Waals surface area contributed by atoms with Gasteiger partial charge in [-0.15, -0.1) is 0 Å². The van der Waals surface area contributed by atoms with Crippen LogP contribution in [0.1, 0.15) is 0 Å². The normalized spacial score (nSPS) is 15.4. The Morgan fingerprint density at radius 1 is 1.43 bits per heavy atom. The number of anilines is 2. The second-order valence-corrected chi connectivity index (χ2v) is 5.41. The van der Waals surface area contributed by atoms with Crippen LogP contribution in [0.15, 0.2) is 10.7 Å². The van der Waals surface area contributed by atoms with Crippen LogP contribution >= 0.6 is 15.9 Å². The van der Waals surface area contributed by atoms with Crippen LogP contribution in [0.25, 0.3) is 5.65 Å². The average Bonchev–Trinajstić information content (AvgIpc) is 2.87. The molecule has 0 spiro atoms. The predicted octanol–water partition coefficient (Wildman–Crippen LogP) is 0.0713. The van der Waals surface area contributed by atoms with E-state index in [1.807, 2.05) is 0 Å². The first-order valence-corrected chi connectivity index (χ1v) is 7.25. The van der Waals surface area contributed by atoms with Gasteiger partial charge < -0.3 is 20.7 Å². The number of ether oxygens (including phenoxy) is 1. The molecule has 0 atom stereocenters. The third-order valence-electron chi connectivity index (χ3n) is 3.04. The maximum Gasteiger partial charge on any atom is 0.230 e. The number of rotatable bonds is 4. The van der Waals surface area contributed by atoms with Crippen LogP contribution < -0.4 is 16.0 Å². The van der Waals surface area contributed by atoms with E-state index in [4.69, 9.17) is 15.9 Å². The zero-order valence-electron chi connectivity index (χ0n) is 11.2. The first kappa shape index (κ1) is 14.0. The first-order valence-electron chi connectivity index (χ1n) is 6.46. The van der Waals surface area contributed by atoms with Crippen LogP contribution in [0, 0.1) is 5.41 Å². The number of nitrogens with one attached hydrogen (secondary N) is 2. The topological polar surface area (TPSA) is 117 Å². The van der Waals surface area contributed by atoms with E-state index in [1.54, 1.807) is 10.7 Å². The third kappa shape index (κ3) is 2.90. The monoisotopic (exact) mass is 354 g/mol. The summed E-state index contributed by atoms with van der Waals surface area (Å²) < 4.78 is 7.71. The Morgan fingerprint density at radius 2 is 2.19 bits per heavy atom. The molecule has 0 saturated carbocycles. The summed E-state index contributed by atoms with van der Waals surface area (Å²) in [7, 11) is 0. The van der Waals surface area contributed by atoms with E-state index < -0.39 is 0 Å². The molecule has 0 amide bonds. The lowest BCUT2D eigenvalue weighted by Gasteiger charge is -2.27. The second kappa shape index (κ2) is 5.82. The summed E-state index contributed by atoms with van der Waals surface area (Å²) in [5.41, 5.74) is 6.05. The van der Waals surface area contributed by atoms with Crippen molar-refractivity contribution in [2.75, 3.05) is 43.1 Å². The SMILES string of the molecule is N=C(N)CNc1nc(N2CCOCC2)nc2c(Br)cnn12.